The minimum Gasteiger partial charge on any atom is -0.497 e. The molecule has 2 amide bonds. The number of amides is 2. The van der Waals surface area contributed by atoms with Crippen LogP contribution >= 0.6 is 0 Å². The highest BCUT2D eigenvalue weighted by Crippen LogP contribution is 2.26. The van der Waals surface area contributed by atoms with Gasteiger partial charge in [-0.25, -0.2) is 8.42 Å². The first kappa shape index (κ1) is 35.4. The van der Waals surface area contributed by atoms with E-state index in [4.69, 9.17) is 18.9 Å². The fourth-order valence-electron chi connectivity index (χ4n) is 5.45. The van der Waals surface area contributed by atoms with Gasteiger partial charge in [0.1, 0.15) is 23.3 Å². The molecule has 0 spiro atoms. The third-order valence-electron chi connectivity index (χ3n) is 8.17. The molecule has 49 heavy (non-hydrogen) atoms. The monoisotopic (exact) mass is 687 g/mol. The van der Waals surface area contributed by atoms with E-state index in [0.29, 0.717) is 43.2 Å². The second kappa shape index (κ2) is 17.0. The van der Waals surface area contributed by atoms with E-state index >= 15 is 0 Å². The Hall–Kier alpha value is -4.91. The van der Waals surface area contributed by atoms with Crippen LogP contribution in [-0.2, 0) is 37.3 Å². The lowest BCUT2D eigenvalue weighted by atomic mass is 10.0. The highest BCUT2D eigenvalue weighted by molar-refractivity contribution is 7.89. The summed E-state index contributed by atoms with van der Waals surface area (Å²) in [5, 5.41) is 3.03. The number of benzene rings is 4. The Labute approximate surface area is 287 Å². The average molecular weight is 688 g/mol. The zero-order chi connectivity index (χ0) is 34.6. The summed E-state index contributed by atoms with van der Waals surface area (Å²) in [6.07, 6.45) is 0.587. The van der Waals surface area contributed by atoms with Gasteiger partial charge in [0.2, 0.25) is 15.9 Å². The number of sulfonamides is 1. The molecule has 1 aliphatic rings. The number of carbonyl (C=O) groups excluding carboxylic acids is 2. The first-order valence-electron chi connectivity index (χ1n) is 16.0. The van der Waals surface area contributed by atoms with Gasteiger partial charge in [-0.05, 0) is 71.6 Å². The van der Waals surface area contributed by atoms with Crippen LogP contribution in [0.15, 0.2) is 108 Å². The first-order valence-corrected chi connectivity index (χ1v) is 17.4. The minimum atomic E-state index is -3.68. The highest BCUT2D eigenvalue weighted by Gasteiger charge is 2.32. The quantitative estimate of drug-likeness (QED) is 0.197. The fraction of sp³-hybridized carbons (Fsp3) is 0.297. The van der Waals surface area contributed by atoms with Gasteiger partial charge < -0.3 is 29.2 Å². The molecule has 12 heteroatoms. The van der Waals surface area contributed by atoms with Crippen LogP contribution in [0.1, 0.15) is 22.7 Å². The Balaban J connectivity index is 1.34. The van der Waals surface area contributed by atoms with Crippen molar-refractivity contribution in [2.45, 2.75) is 23.9 Å². The Bertz CT molecular complexity index is 1760. The zero-order valence-corrected chi connectivity index (χ0v) is 28.4. The largest absolute Gasteiger partial charge is 0.497 e. The van der Waals surface area contributed by atoms with E-state index < -0.39 is 22.0 Å². The molecule has 1 saturated heterocycles. The molecule has 1 heterocycles. The number of hydrogen-bond donors (Lipinski definition) is 1. The van der Waals surface area contributed by atoms with Crippen LogP contribution in [0.25, 0.3) is 0 Å². The summed E-state index contributed by atoms with van der Waals surface area (Å²) < 4.78 is 49.2. The lowest BCUT2D eigenvalue weighted by Gasteiger charge is -2.31. The van der Waals surface area contributed by atoms with Gasteiger partial charge in [0.05, 0.1) is 32.3 Å². The van der Waals surface area contributed by atoms with Gasteiger partial charge in [0.25, 0.3) is 5.91 Å². The van der Waals surface area contributed by atoms with Crippen LogP contribution in [0.2, 0.25) is 0 Å². The smallest absolute Gasteiger partial charge is 0.261 e. The summed E-state index contributed by atoms with van der Waals surface area (Å²) in [6, 6.07) is 29.1. The van der Waals surface area contributed by atoms with E-state index in [0.717, 1.165) is 16.9 Å². The highest BCUT2D eigenvalue weighted by atomic mass is 32.2. The number of hydrogen-bond acceptors (Lipinski definition) is 8. The van der Waals surface area contributed by atoms with Crippen molar-refractivity contribution in [1.29, 1.82) is 0 Å². The summed E-state index contributed by atoms with van der Waals surface area (Å²) in [4.78, 5) is 29.6. The maximum atomic E-state index is 14.0. The molecule has 11 nitrogen and oxygen atoms in total. The molecule has 0 aliphatic carbocycles. The van der Waals surface area contributed by atoms with Gasteiger partial charge in [-0.3, -0.25) is 9.59 Å². The van der Waals surface area contributed by atoms with Crippen molar-refractivity contribution in [3.05, 3.63) is 120 Å². The van der Waals surface area contributed by atoms with E-state index in [1.165, 1.54) is 33.5 Å². The van der Waals surface area contributed by atoms with Crippen molar-refractivity contribution < 1.29 is 37.0 Å². The molecule has 0 bridgehead atoms. The topological polar surface area (TPSA) is 124 Å². The molecule has 4 aromatic carbocycles. The number of nitrogens with one attached hydrogen (secondary N) is 1. The van der Waals surface area contributed by atoms with Crippen molar-refractivity contribution in [2.24, 2.45) is 0 Å². The number of rotatable bonds is 15. The van der Waals surface area contributed by atoms with Crippen molar-refractivity contribution in [3.63, 3.8) is 0 Å². The van der Waals surface area contributed by atoms with Crippen molar-refractivity contribution >= 4 is 21.8 Å². The molecule has 1 N–H and O–H groups in total. The summed E-state index contributed by atoms with van der Waals surface area (Å²) >= 11 is 0. The molecule has 0 saturated carbocycles. The maximum absolute atomic E-state index is 14.0. The van der Waals surface area contributed by atoms with Crippen LogP contribution in [0.4, 0.5) is 0 Å². The van der Waals surface area contributed by atoms with Gasteiger partial charge in [-0.15, -0.1) is 0 Å². The van der Waals surface area contributed by atoms with Crippen LogP contribution in [0.3, 0.4) is 0 Å². The summed E-state index contributed by atoms with van der Waals surface area (Å²) in [5.74, 6) is 0.971. The van der Waals surface area contributed by atoms with Crippen molar-refractivity contribution in [3.8, 4) is 17.2 Å². The number of carbonyl (C=O) groups is 2. The number of nitrogens with zero attached hydrogens (tertiary/aromatic N) is 2. The molecule has 0 radical (unpaired) electrons. The van der Waals surface area contributed by atoms with E-state index in [-0.39, 0.29) is 37.0 Å². The molecule has 1 atom stereocenters. The Morgan fingerprint density at radius 2 is 1.37 bits per heavy atom. The van der Waals surface area contributed by atoms with Gasteiger partial charge in [0.15, 0.2) is 6.61 Å². The molecule has 4 aromatic rings. The molecule has 1 aliphatic heterocycles. The van der Waals surface area contributed by atoms with Crippen LogP contribution in [0.5, 0.6) is 17.2 Å². The maximum Gasteiger partial charge on any atom is 0.261 e. The second-order valence-corrected chi connectivity index (χ2v) is 13.3. The third-order valence-corrected chi connectivity index (χ3v) is 10.1. The molecular weight excluding hydrogens is 646 g/mol. The normalized spacial score (nSPS) is 14.0. The average Bonchev–Trinajstić information content (AvgIpc) is 3.15. The van der Waals surface area contributed by atoms with E-state index in [1.54, 1.807) is 26.4 Å². The Morgan fingerprint density at radius 3 is 1.96 bits per heavy atom. The SMILES string of the molecule is COc1ccc(CCNC(=O)C(c2ccccc2)N(Cc2ccc(OC)cc2)C(=O)COc2ccc(S(=O)(=O)N3CCOCC3)cc2)cc1. The van der Waals surface area contributed by atoms with Crippen LogP contribution in [-0.4, -0.2) is 83.1 Å². The summed E-state index contributed by atoms with van der Waals surface area (Å²) in [7, 11) is -0.492. The summed E-state index contributed by atoms with van der Waals surface area (Å²) in [5.41, 5.74) is 2.46. The van der Waals surface area contributed by atoms with E-state index in [1.807, 2.05) is 66.7 Å². The third kappa shape index (κ3) is 9.38. The molecular formula is C37H41N3O8S. The molecule has 5 rings (SSSR count). The molecule has 258 valence electrons. The number of methoxy groups -OCH3 is 2. The lowest BCUT2D eigenvalue weighted by Crippen LogP contribution is -2.45. The predicted octanol–water partition coefficient (Wildman–Crippen LogP) is 4.23. The Morgan fingerprint density at radius 1 is 0.796 bits per heavy atom. The molecule has 0 aromatic heterocycles. The minimum absolute atomic E-state index is 0.119. The standard InChI is InChI=1S/C37H41N3O8S/c1-45-31-12-8-28(9-13-31)20-21-38-37(42)36(30-6-4-3-5-7-30)40(26-29-10-14-32(46-2)15-11-29)35(41)27-48-33-16-18-34(19-17-33)49(43,44)39-22-24-47-25-23-39/h3-19,36H,20-27H2,1-2H3,(H,38,42). The Kier molecular flexibility index (Phi) is 12.3. The fourth-order valence-corrected chi connectivity index (χ4v) is 6.86. The van der Waals surface area contributed by atoms with Gasteiger partial charge in [0, 0.05) is 26.2 Å². The number of morpholine rings is 1. The first-order chi connectivity index (χ1) is 23.8. The molecule has 1 fully saturated rings. The molecule has 1 unspecified atom stereocenters. The van der Waals surface area contributed by atoms with Crippen molar-refractivity contribution in [1.82, 2.24) is 14.5 Å². The second-order valence-electron chi connectivity index (χ2n) is 11.3. The summed E-state index contributed by atoms with van der Waals surface area (Å²) in [6.45, 7) is 1.37. The van der Waals surface area contributed by atoms with E-state index in [9.17, 15) is 18.0 Å². The lowest BCUT2D eigenvalue weighted by molar-refractivity contribution is -0.143. The van der Waals surface area contributed by atoms with Gasteiger partial charge >= 0.3 is 0 Å². The number of ether oxygens (including phenoxy) is 4. The van der Waals surface area contributed by atoms with Crippen LogP contribution in [0, 0.1) is 0 Å². The van der Waals surface area contributed by atoms with Gasteiger partial charge in [-0.1, -0.05) is 54.6 Å². The van der Waals surface area contributed by atoms with Crippen molar-refractivity contribution in [2.75, 3.05) is 53.7 Å². The van der Waals surface area contributed by atoms with E-state index in [2.05, 4.69) is 5.32 Å². The zero-order valence-electron chi connectivity index (χ0n) is 27.6. The van der Waals surface area contributed by atoms with Crippen LogP contribution < -0.4 is 19.5 Å². The van der Waals surface area contributed by atoms with Gasteiger partial charge in [-0.2, -0.15) is 4.31 Å². The predicted molar refractivity (Wildman–Crippen MR) is 184 cm³/mol.